The van der Waals surface area contributed by atoms with Gasteiger partial charge < -0.3 is 14.6 Å². The van der Waals surface area contributed by atoms with Crippen molar-refractivity contribution >= 4 is 12.0 Å². The summed E-state index contributed by atoms with van der Waals surface area (Å²) in [5.41, 5.74) is 2.83. The number of phenolic OH excluding ortho intramolecular Hbond substituents is 1. The third-order valence-corrected chi connectivity index (χ3v) is 5.36. The third kappa shape index (κ3) is 3.55. The van der Waals surface area contributed by atoms with Crippen LogP contribution in [0.1, 0.15) is 50.7 Å². The average molecular weight is 354 g/mol. The number of esters is 1. The summed E-state index contributed by atoms with van der Waals surface area (Å²) in [6.07, 6.45) is 10.7. The molecule has 2 atom stereocenters. The Kier molecular flexibility index (Phi) is 4.94. The lowest BCUT2D eigenvalue weighted by Gasteiger charge is -2.47. The van der Waals surface area contributed by atoms with Crippen molar-refractivity contribution in [3.63, 3.8) is 0 Å². The number of ether oxygens (including phenoxy) is 2. The normalized spacial score (nSPS) is 23.9. The molecule has 3 rings (SSSR count). The Bertz CT molecular complexity index is 799. The number of carbonyl (C=O) groups is 1. The van der Waals surface area contributed by atoms with Crippen molar-refractivity contribution in [3.05, 3.63) is 53.1 Å². The summed E-state index contributed by atoms with van der Waals surface area (Å²) in [5.74, 6) is 1.26. The summed E-state index contributed by atoms with van der Waals surface area (Å²) >= 11 is 0. The minimum Gasteiger partial charge on any atom is -0.507 e. The van der Waals surface area contributed by atoms with E-state index in [1.54, 1.807) is 18.2 Å². The van der Waals surface area contributed by atoms with Crippen LogP contribution in [0.15, 0.2) is 42.0 Å². The minimum absolute atomic E-state index is 0.274. The molecule has 1 aromatic carbocycles. The molecule has 0 bridgehead atoms. The van der Waals surface area contributed by atoms with E-state index in [-0.39, 0.29) is 17.3 Å². The van der Waals surface area contributed by atoms with Gasteiger partial charge in [0.1, 0.15) is 17.1 Å². The van der Waals surface area contributed by atoms with E-state index < -0.39 is 5.97 Å². The molecule has 0 spiro atoms. The summed E-state index contributed by atoms with van der Waals surface area (Å²) in [7, 11) is 1.34. The van der Waals surface area contributed by atoms with E-state index in [1.165, 1.54) is 18.8 Å². The van der Waals surface area contributed by atoms with Crippen molar-refractivity contribution in [3.8, 4) is 11.5 Å². The predicted molar refractivity (Wildman–Crippen MR) is 102 cm³/mol. The number of allylic oxidation sites excluding steroid dienone is 4. The monoisotopic (exact) mass is 354 g/mol. The zero-order chi connectivity index (χ0) is 18.9. The van der Waals surface area contributed by atoms with Gasteiger partial charge in [-0.2, -0.15) is 0 Å². The maximum Gasteiger partial charge on any atom is 0.330 e. The minimum atomic E-state index is -0.403. The standard InChI is InChI=1S/C22H26O4/c1-14-9-10-17-16(11-14)21-18(23)12-15(7-5-6-8-20(24)25-4)13-19(21)26-22(17,2)3/h5-9,12-13,16-17,23H,10-11H2,1-4H3/b7-5+,8-6+/t16-,17-/m1/s1. The van der Waals surface area contributed by atoms with E-state index in [9.17, 15) is 9.90 Å². The molecule has 4 nitrogen and oxygen atoms in total. The van der Waals surface area contributed by atoms with Crippen molar-refractivity contribution in [1.82, 2.24) is 0 Å². The summed E-state index contributed by atoms with van der Waals surface area (Å²) in [6, 6.07) is 3.72. The number of aromatic hydroxyl groups is 1. The third-order valence-electron chi connectivity index (χ3n) is 5.36. The summed E-state index contributed by atoms with van der Waals surface area (Å²) < 4.78 is 10.8. The lowest BCUT2D eigenvalue weighted by molar-refractivity contribution is -0.134. The van der Waals surface area contributed by atoms with Gasteiger partial charge in [0, 0.05) is 23.5 Å². The Morgan fingerprint density at radius 3 is 2.85 bits per heavy atom. The number of rotatable bonds is 3. The number of carbonyl (C=O) groups excluding carboxylic acids is 1. The van der Waals surface area contributed by atoms with Gasteiger partial charge in [0.25, 0.3) is 0 Å². The van der Waals surface area contributed by atoms with E-state index in [0.29, 0.717) is 5.92 Å². The smallest absolute Gasteiger partial charge is 0.330 e. The highest BCUT2D eigenvalue weighted by molar-refractivity contribution is 5.82. The molecule has 0 radical (unpaired) electrons. The predicted octanol–water partition coefficient (Wildman–Crippen LogP) is 4.75. The first-order valence-corrected chi connectivity index (χ1v) is 8.96. The van der Waals surface area contributed by atoms with Crippen LogP contribution in [0.3, 0.4) is 0 Å². The van der Waals surface area contributed by atoms with Crippen LogP contribution < -0.4 is 4.74 Å². The molecular weight excluding hydrogens is 328 g/mol. The molecule has 0 amide bonds. The number of benzene rings is 1. The van der Waals surface area contributed by atoms with Gasteiger partial charge in [-0.15, -0.1) is 0 Å². The number of phenols is 1. The van der Waals surface area contributed by atoms with Crippen LogP contribution in [0.25, 0.3) is 6.08 Å². The van der Waals surface area contributed by atoms with Gasteiger partial charge in [-0.25, -0.2) is 4.79 Å². The highest BCUT2D eigenvalue weighted by atomic mass is 16.5. The molecule has 0 saturated carbocycles. The molecule has 138 valence electrons. The Balaban J connectivity index is 1.93. The van der Waals surface area contributed by atoms with Crippen LogP contribution in [0, 0.1) is 5.92 Å². The lowest BCUT2D eigenvalue weighted by atomic mass is 9.67. The van der Waals surface area contributed by atoms with E-state index in [0.717, 1.165) is 29.7 Å². The fourth-order valence-corrected chi connectivity index (χ4v) is 4.05. The fourth-order valence-electron chi connectivity index (χ4n) is 4.05. The van der Waals surface area contributed by atoms with Crippen LogP contribution in [-0.4, -0.2) is 23.8 Å². The number of methoxy groups -OCH3 is 1. The van der Waals surface area contributed by atoms with Gasteiger partial charge in [0.05, 0.1) is 7.11 Å². The SMILES string of the molecule is COC(=O)/C=C/C=C/c1cc(O)c2c(c1)OC(C)(C)[C@@H]1CC=C(C)C[C@@H]21. The Labute approximate surface area is 154 Å². The summed E-state index contributed by atoms with van der Waals surface area (Å²) in [4.78, 5) is 11.1. The van der Waals surface area contributed by atoms with Crippen LogP contribution in [0.2, 0.25) is 0 Å². The van der Waals surface area contributed by atoms with Crippen molar-refractivity contribution in [1.29, 1.82) is 0 Å². The molecule has 1 aliphatic carbocycles. The van der Waals surface area contributed by atoms with Crippen molar-refractivity contribution in [2.75, 3.05) is 7.11 Å². The first-order valence-electron chi connectivity index (χ1n) is 8.96. The van der Waals surface area contributed by atoms with Gasteiger partial charge in [-0.05, 0) is 51.3 Å². The molecule has 1 heterocycles. The first-order chi connectivity index (χ1) is 12.3. The van der Waals surface area contributed by atoms with E-state index >= 15 is 0 Å². The van der Waals surface area contributed by atoms with Crippen LogP contribution in [-0.2, 0) is 9.53 Å². The Morgan fingerprint density at radius 2 is 2.12 bits per heavy atom. The Morgan fingerprint density at radius 1 is 1.35 bits per heavy atom. The molecule has 1 aromatic rings. The topological polar surface area (TPSA) is 55.8 Å². The Hall–Kier alpha value is -2.49. The van der Waals surface area contributed by atoms with Gasteiger partial charge in [0.2, 0.25) is 0 Å². The van der Waals surface area contributed by atoms with Gasteiger partial charge in [0.15, 0.2) is 0 Å². The number of fused-ring (bicyclic) bond motifs is 3. The molecule has 0 aromatic heterocycles. The lowest BCUT2D eigenvalue weighted by Crippen LogP contribution is -2.45. The van der Waals surface area contributed by atoms with Gasteiger partial charge in [-0.1, -0.05) is 29.9 Å². The highest BCUT2D eigenvalue weighted by Gasteiger charge is 2.45. The molecule has 0 unspecified atom stereocenters. The van der Waals surface area contributed by atoms with Crippen LogP contribution in [0.4, 0.5) is 0 Å². The van der Waals surface area contributed by atoms with E-state index in [2.05, 4.69) is 31.6 Å². The first kappa shape index (κ1) is 18.3. The van der Waals surface area contributed by atoms with E-state index in [1.807, 2.05) is 12.1 Å². The highest BCUT2D eigenvalue weighted by Crippen LogP contribution is 2.54. The largest absolute Gasteiger partial charge is 0.507 e. The van der Waals surface area contributed by atoms with Gasteiger partial charge in [-0.3, -0.25) is 0 Å². The second-order valence-electron chi connectivity index (χ2n) is 7.60. The van der Waals surface area contributed by atoms with Crippen LogP contribution >= 0.6 is 0 Å². The molecule has 0 fully saturated rings. The molecule has 1 N–H and O–H groups in total. The summed E-state index contributed by atoms with van der Waals surface area (Å²) in [6.45, 7) is 6.40. The van der Waals surface area contributed by atoms with Crippen molar-refractivity contribution < 1.29 is 19.4 Å². The van der Waals surface area contributed by atoms with Gasteiger partial charge >= 0.3 is 5.97 Å². The summed E-state index contributed by atoms with van der Waals surface area (Å²) in [5, 5.41) is 10.7. The molecule has 4 heteroatoms. The molecular formula is C22H26O4. The van der Waals surface area contributed by atoms with Crippen molar-refractivity contribution in [2.45, 2.75) is 45.1 Å². The molecule has 0 saturated heterocycles. The molecule has 26 heavy (non-hydrogen) atoms. The second kappa shape index (κ2) is 7.02. The zero-order valence-electron chi connectivity index (χ0n) is 15.8. The van der Waals surface area contributed by atoms with E-state index in [4.69, 9.17) is 4.74 Å². The second-order valence-corrected chi connectivity index (χ2v) is 7.60. The maximum atomic E-state index is 11.1. The molecule has 2 aliphatic rings. The quantitative estimate of drug-likeness (QED) is 0.368. The fraction of sp³-hybridized carbons (Fsp3) is 0.409. The molecule has 1 aliphatic heterocycles. The van der Waals surface area contributed by atoms with Crippen LogP contribution in [0.5, 0.6) is 11.5 Å². The maximum absolute atomic E-state index is 11.1. The number of hydrogen-bond donors (Lipinski definition) is 1. The number of hydrogen-bond acceptors (Lipinski definition) is 4. The average Bonchev–Trinajstić information content (AvgIpc) is 2.57. The zero-order valence-corrected chi connectivity index (χ0v) is 15.8. The van der Waals surface area contributed by atoms with Crippen molar-refractivity contribution in [2.24, 2.45) is 5.92 Å².